The summed E-state index contributed by atoms with van der Waals surface area (Å²) in [5, 5.41) is 2.92. The first-order chi connectivity index (χ1) is 16.4. The molecule has 0 bridgehead atoms. The Kier molecular flexibility index (Phi) is 6.59. The average Bonchev–Trinajstić information content (AvgIpc) is 3.32. The molecule has 0 radical (unpaired) electrons. The van der Waals surface area contributed by atoms with E-state index in [0.717, 1.165) is 22.4 Å². The third-order valence-corrected chi connectivity index (χ3v) is 5.57. The smallest absolute Gasteiger partial charge is 0.311 e. The van der Waals surface area contributed by atoms with Crippen molar-refractivity contribution in [2.24, 2.45) is 5.41 Å². The van der Waals surface area contributed by atoms with Gasteiger partial charge in [0, 0.05) is 23.2 Å². The third-order valence-electron chi connectivity index (χ3n) is 5.57. The van der Waals surface area contributed by atoms with Crippen molar-refractivity contribution in [1.82, 2.24) is 4.98 Å². The number of aromatic nitrogens is 1. The predicted molar refractivity (Wildman–Crippen MR) is 131 cm³/mol. The van der Waals surface area contributed by atoms with Gasteiger partial charge in [0.1, 0.15) is 0 Å². The van der Waals surface area contributed by atoms with Crippen molar-refractivity contribution in [1.29, 1.82) is 0 Å². The minimum Gasteiger partial charge on any atom is -0.469 e. The highest BCUT2D eigenvalue weighted by molar-refractivity contribution is 6.04. The van der Waals surface area contributed by atoms with Crippen molar-refractivity contribution in [3.05, 3.63) is 96.5 Å². The number of methoxy groups -OCH3 is 1. The number of hydrogen-bond donors (Lipinski definition) is 1. The van der Waals surface area contributed by atoms with Crippen LogP contribution in [0.15, 0.2) is 89.5 Å². The molecule has 6 nitrogen and oxygen atoms in total. The van der Waals surface area contributed by atoms with Crippen molar-refractivity contribution in [2.75, 3.05) is 12.4 Å². The molecule has 0 saturated heterocycles. The van der Waals surface area contributed by atoms with E-state index >= 15 is 0 Å². The van der Waals surface area contributed by atoms with Crippen LogP contribution in [0.2, 0.25) is 0 Å². The van der Waals surface area contributed by atoms with Gasteiger partial charge in [0.05, 0.1) is 18.7 Å². The lowest BCUT2D eigenvalue weighted by Crippen LogP contribution is -2.28. The van der Waals surface area contributed by atoms with Gasteiger partial charge < -0.3 is 14.5 Å². The Morgan fingerprint density at radius 3 is 2.15 bits per heavy atom. The second-order valence-corrected chi connectivity index (χ2v) is 8.65. The van der Waals surface area contributed by atoms with Crippen LogP contribution in [0.4, 0.5) is 5.69 Å². The van der Waals surface area contributed by atoms with Gasteiger partial charge in [0.2, 0.25) is 0 Å². The summed E-state index contributed by atoms with van der Waals surface area (Å²) in [6, 6.07) is 24.9. The fourth-order valence-electron chi connectivity index (χ4n) is 3.62. The number of ether oxygens (including phenoxy) is 1. The third kappa shape index (κ3) is 5.23. The molecule has 0 aliphatic rings. The van der Waals surface area contributed by atoms with E-state index in [1.165, 1.54) is 7.11 Å². The summed E-state index contributed by atoms with van der Waals surface area (Å²) >= 11 is 0. The van der Waals surface area contributed by atoms with E-state index in [9.17, 15) is 9.59 Å². The number of carbonyl (C=O) groups excluding carboxylic acids is 2. The highest BCUT2D eigenvalue weighted by atomic mass is 16.5. The molecule has 1 amide bonds. The van der Waals surface area contributed by atoms with Crippen LogP contribution in [-0.4, -0.2) is 24.0 Å². The largest absolute Gasteiger partial charge is 0.469 e. The summed E-state index contributed by atoms with van der Waals surface area (Å²) in [4.78, 5) is 28.9. The molecule has 0 saturated carbocycles. The number of anilines is 1. The van der Waals surface area contributed by atoms with Crippen LogP contribution < -0.4 is 5.32 Å². The highest BCUT2D eigenvalue weighted by Crippen LogP contribution is 2.27. The zero-order valence-electron chi connectivity index (χ0n) is 19.4. The van der Waals surface area contributed by atoms with Crippen LogP contribution in [0.5, 0.6) is 0 Å². The number of esters is 1. The summed E-state index contributed by atoms with van der Waals surface area (Å²) < 4.78 is 10.7. The average molecular weight is 455 g/mol. The molecule has 0 fully saturated rings. The molecule has 4 rings (SSSR count). The lowest BCUT2D eigenvalue weighted by molar-refractivity contribution is -0.150. The molecule has 0 aliphatic carbocycles. The number of carbonyl (C=O) groups is 2. The standard InChI is InChI=1S/C28H26N2O4/c1-28(2,27(32)33-3)17-25-29-18-24(34-25)21-9-11-22(12-10-21)26(31)30-23-15-13-20(14-16-23)19-7-5-4-6-8-19/h4-16,18H,17H2,1-3H3,(H,30,31). The normalized spacial score (nSPS) is 11.1. The Hall–Kier alpha value is -4.19. The van der Waals surface area contributed by atoms with Gasteiger partial charge in [0.15, 0.2) is 11.7 Å². The molecule has 172 valence electrons. The molecule has 34 heavy (non-hydrogen) atoms. The molecule has 0 aliphatic heterocycles. The quantitative estimate of drug-likeness (QED) is 0.346. The van der Waals surface area contributed by atoms with Crippen LogP contribution in [-0.2, 0) is 16.0 Å². The van der Waals surface area contributed by atoms with Gasteiger partial charge in [-0.15, -0.1) is 0 Å². The van der Waals surface area contributed by atoms with Crippen molar-refractivity contribution in [3.8, 4) is 22.5 Å². The minimum absolute atomic E-state index is 0.197. The predicted octanol–water partition coefficient (Wildman–Crippen LogP) is 6.00. The number of amides is 1. The van der Waals surface area contributed by atoms with Crippen LogP contribution in [0, 0.1) is 5.41 Å². The summed E-state index contributed by atoms with van der Waals surface area (Å²) in [7, 11) is 1.36. The Balaban J connectivity index is 1.40. The Morgan fingerprint density at radius 2 is 1.50 bits per heavy atom. The lowest BCUT2D eigenvalue weighted by atomic mass is 9.89. The number of rotatable bonds is 7. The number of oxazole rings is 1. The number of hydrogen-bond acceptors (Lipinski definition) is 5. The van der Waals surface area contributed by atoms with Gasteiger partial charge in [-0.3, -0.25) is 9.59 Å². The van der Waals surface area contributed by atoms with E-state index in [-0.39, 0.29) is 11.9 Å². The van der Waals surface area contributed by atoms with E-state index < -0.39 is 5.41 Å². The topological polar surface area (TPSA) is 81.4 Å². The molecule has 0 unspecified atom stereocenters. The second-order valence-electron chi connectivity index (χ2n) is 8.65. The van der Waals surface area contributed by atoms with Crippen molar-refractivity contribution < 1.29 is 18.7 Å². The molecule has 1 N–H and O–H groups in total. The Labute approximate surface area is 198 Å². The fourth-order valence-corrected chi connectivity index (χ4v) is 3.62. The zero-order valence-corrected chi connectivity index (χ0v) is 19.4. The molecule has 3 aromatic carbocycles. The van der Waals surface area contributed by atoms with Gasteiger partial charge in [-0.2, -0.15) is 0 Å². The Morgan fingerprint density at radius 1 is 0.882 bits per heavy atom. The van der Waals surface area contributed by atoms with E-state index in [4.69, 9.17) is 9.15 Å². The Bertz CT molecular complexity index is 1270. The maximum Gasteiger partial charge on any atom is 0.311 e. The maximum atomic E-state index is 12.7. The van der Waals surface area contributed by atoms with Gasteiger partial charge in [0.25, 0.3) is 5.91 Å². The molecule has 6 heteroatoms. The number of nitrogens with one attached hydrogen (secondary N) is 1. The van der Waals surface area contributed by atoms with E-state index in [1.807, 2.05) is 66.7 Å². The number of nitrogens with zero attached hydrogens (tertiary/aromatic N) is 1. The lowest BCUT2D eigenvalue weighted by Gasteiger charge is -2.18. The van der Waals surface area contributed by atoms with E-state index in [1.54, 1.807) is 32.2 Å². The minimum atomic E-state index is -0.738. The molecule has 0 spiro atoms. The molecule has 4 aromatic rings. The first-order valence-electron chi connectivity index (χ1n) is 11.0. The maximum absolute atomic E-state index is 12.7. The van der Waals surface area contributed by atoms with Gasteiger partial charge in [-0.25, -0.2) is 4.98 Å². The zero-order chi connectivity index (χ0) is 24.1. The molecular weight excluding hydrogens is 428 g/mol. The molecule has 0 atom stereocenters. The van der Waals surface area contributed by atoms with Crippen LogP contribution >= 0.6 is 0 Å². The fraction of sp³-hybridized carbons (Fsp3) is 0.179. The first kappa shape index (κ1) is 23.0. The van der Waals surface area contributed by atoms with E-state index in [0.29, 0.717) is 23.6 Å². The van der Waals surface area contributed by atoms with E-state index in [2.05, 4.69) is 10.3 Å². The van der Waals surface area contributed by atoms with Crippen molar-refractivity contribution in [3.63, 3.8) is 0 Å². The van der Waals surface area contributed by atoms with Gasteiger partial charge >= 0.3 is 5.97 Å². The van der Waals surface area contributed by atoms with Crippen molar-refractivity contribution in [2.45, 2.75) is 20.3 Å². The van der Waals surface area contributed by atoms with Crippen LogP contribution in [0.25, 0.3) is 22.5 Å². The summed E-state index contributed by atoms with van der Waals surface area (Å²) in [6.07, 6.45) is 1.94. The highest BCUT2D eigenvalue weighted by Gasteiger charge is 2.31. The first-order valence-corrected chi connectivity index (χ1v) is 11.0. The van der Waals surface area contributed by atoms with Crippen LogP contribution in [0.3, 0.4) is 0 Å². The van der Waals surface area contributed by atoms with Gasteiger partial charge in [-0.1, -0.05) is 54.6 Å². The second kappa shape index (κ2) is 9.75. The molecule has 1 heterocycles. The van der Waals surface area contributed by atoms with Crippen molar-refractivity contribution >= 4 is 17.6 Å². The summed E-state index contributed by atoms with van der Waals surface area (Å²) in [5.41, 5.74) is 3.52. The van der Waals surface area contributed by atoms with Crippen LogP contribution in [0.1, 0.15) is 30.1 Å². The monoisotopic (exact) mass is 454 g/mol. The SMILES string of the molecule is COC(=O)C(C)(C)Cc1ncc(-c2ccc(C(=O)Nc3ccc(-c4ccccc4)cc3)cc2)o1. The summed E-state index contributed by atoms with van der Waals surface area (Å²) in [6.45, 7) is 3.57. The summed E-state index contributed by atoms with van der Waals surface area (Å²) in [5.74, 6) is 0.500. The number of benzene rings is 3. The molecular formula is C28H26N2O4. The molecule has 1 aromatic heterocycles. The van der Waals surface area contributed by atoms with Gasteiger partial charge in [-0.05, 0) is 49.2 Å².